The molecule has 23 heavy (non-hydrogen) atoms. The molecule has 0 radical (unpaired) electrons. The summed E-state index contributed by atoms with van der Waals surface area (Å²) in [6.45, 7) is 3.63. The van der Waals surface area contributed by atoms with Gasteiger partial charge in [-0.1, -0.05) is 6.07 Å². The highest BCUT2D eigenvalue weighted by Gasteiger charge is 2.15. The van der Waals surface area contributed by atoms with E-state index in [0.29, 0.717) is 31.1 Å². The molecular weight excluding hydrogens is 298 g/mol. The number of carbonyl (C=O) groups is 2. The fraction of sp³-hybridized carbons (Fsp3) is 0.500. The first kappa shape index (κ1) is 18.9. The maximum Gasteiger partial charge on any atom is 0.243 e. The topological polar surface area (TPSA) is 79.9 Å². The first-order valence-electron chi connectivity index (χ1n) is 7.52. The molecule has 1 aromatic rings. The lowest BCUT2D eigenvalue weighted by molar-refractivity contribution is -0.133. The van der Waals surface area contributed by atoms with E-state index in [1.165, 1.54) is 4.90 Å². The minimum absolute atomic E-state index is 0.0124. The normalized spacial score (nSPS) is 10.2. The highest BCUT2D eigenvalue weighted by atomic mass is 16.5. The summed E-state index contributed by atoms with van der Waals surface area (Å²) in [6.07, 6.45) is 0. The van der Waals surface area contributed by atoms with E-state index >= 15 is 0 Å². The predicted octanol–water partition coefficient (Wildman–Crippen LogP) is 0.718. The van der Waals surface area contributed by atoms with Crippen molar-refractivity contribution in [1.82, 2.24) is 10.2 Å². The molecule has 0 aliphatic rings. The Morgan fingerprint density at radius 3 is 2.70 bits per heavy atom. The zero-order valence-electron chi connectivity index (χ0n) is 13.9. The maximum atomic E-state index is 12.1. The smallest absolute Gasteiger partial charge is 0.243 e. The molecule has 2 N–H and O–H groups in total. The number of nitrogens with zero attached hydrogens (tertiary/aromatic N) is 1. The van der Waals surface area contributed by atoms with Gasteiger partial charge in [0, 0.05) is 32.0 Å². The Morgan fingerprint density at radius 1 is 1.26 bits per heavy atom. The molecule has 0 spiro atoms. The van der Waals surface area contributed by atoms with Gasteiger partial charge >= 0.3 is 0 Å². The molecule has 0 fully saturated rings. The van der Waals surface area contributed by atoms with Crippen molar-refractivity contribution < 1.29 is 19.1 Å². The van der Waals surface area contributed by atoms with Crippen molar-refractivity contribution in [3.63, 3.8) is 0 Å². The van der Waals surface area contributed by atoms with Gasteiger partial charge in [0.2, 0.25) is 11.8 Å². The minimum Gasteiger partial charge on any atom is -0.497 e. The van der Waals surface area contributed by atoms with Crippen LogP contribution in [0.15, 0.2) is 24.3 Å². The van der Waals surface area contributed by atoms with E-state index in [9.17, 15) is 9.59 Å². The average Bonchev–Trinajstić information content (AvgIpc) is 2.56. The Balaban J connectivity index is 2.47. The second-order valence-corrected chi connectivity index (χ2v) is 4.86. The van der Waals surface area contributed by atoms with E-state index in [-0.39, 0.29) is 24.9 Å². The van der Waals surface area contributed by atoms with Crippen molar-refractivity contribution in [3.8, 4) is 5.75 Å². The lowest BCUT2D eigenvalue weighted by Crippen LogP contribution is -2.42. The molecule has 1 rings (SSSR count). The number of methoxy groups -OCH3 is 2. The predicted molar refractivity (Wildman–Crippen MR) is 88.6 cm³/mol. The van der Waals surface area contributed by atoms with E-state index in [0.717, 1.165) is 0 Å². The summed E-state index contributed by atoms with van der Waals surface area (Å²) in [7, 11) is 3.17. The summed E-state index contributed by atoms with van der Waals surface area (Å²) in [5, 5.41) is 5.73. The zero-order valence-corrected chi connectivity index (χ0v) is 13.9. The van der Waals surface area contributed by atoms with Gasteiger partial charge < -0.3 is 25.0 Å². The monoisotopic (exact) mass is 323 g/mol. The van der Waals surface area contributed by atoms with Crippen molar-refractivity contribution in [2.45, 2.75) is 6.92 Å². The number of likely N-dealkylation sites (N-methyl/N-ethyl adjacent to an activating group) is 1. The summed E-state index contributed by atoms with van der Waals surface area (Å²) in [6, 6.07) is 7.08. The number of anilines is 1. The average molecular weight is 323 g/mol. The molecule has 0 heterocycles. The van der Waals surface area contributed by atoms with E-state index < -0.39 is 0 Å². The molecule has 0 atom stereocenters. The van der Waals surface area contributed by atoms with Crippen LogP contribution >= 0.6 is 0 Å². The van der Waals surface area contributed by atoms with Gasteiger partial charge in [-0.3, -0.25) is 9.59 Å². The van der Waals surface area contributed by atoms with Gasteiger partial charge in [-0.25, -0.2) is 0 Å². The molecule has 7 nitrogen and oxygen atoms in total. The van der Waals surface area contributed by atoms with Gasteiger partial charge in [-0.2, -0.15) is 0 Å². The van der Waals surface area contributed by atoms with Crippen LogP contribution < -0.4 is 15.4 Å². The quantitative estimate of drug-likeness (QED) is 0.620. The Kier molecular flexibility index (Phi) is 8.71. The Morgan fingerprint density at radius 2 is 2.04 bits per heavy atom. The van der Waals surface area contributed by atoms with Crippen LogP contribution in [-0.2, 0) is 14.3 Å². The second-order valence-electron chi connectivity index (χ2n) is 4.86. The SMILES string of the molecule is CCN(CC(=O)Nc1cccc(OC)c1)C(=O)CNCCOC. The summed E-state index contributed by atoms with van der Waals surface area (Å²) in [4.78, 5) is 25.6. The molecule has 2 amide bonds. The second kappa shape index (κ2) is 10.6. The van der Waals surface area contributed by atoms with Crippen LogP contribution in [-0.4, -0.2) is 63.7 Å². The number of hydrogen-bond donors (Lipinski definition) is 2. The van der Waals surface area contributed by atoms with Crippen molar-refractivity contribution >= 4 is 17.5 Å². The van der Waals surface area contributed by atoms with Crippen LogP contribution in [0.3, 0.4) is 0 Å². The number of carbonyl (C=O) groups excluding carboxylic acids is 2. The van der Waals surface area contributed by atoms with Gasteiger partial charge in [0.15, 0.2) is 0 Å². The van der Waals surface area contributed by atoms with Gasteiger partial charge in [0.1, 0.15) is 5.75 Å². The number of benzene rings is 1. The molecule has 0 saturated carbocycles. The van der Waals surface area contributed by atoms with Gasteiger partial charge in [-0.05, 0) is 19.1 Å². The van der Waals surface area contributed by atoms with Crippen molar-refractivity contribution in [2.75, 3.05) is 52.3 Å². The number of nitrogens with one attached hydrogen (secondary N) is 2. The van der Waals surface area contributed by atoms with Crippen molar-refractivity contribution in [2.24, 2.45) is 0 Å². The summed E-state index contributed by atoms with van der Waals surface area (Å²) in [5.74, 6) is 0.295. The van der Waals surface area contributed by atoms with Crippen LogP contribution in [0.25, 0.3) is 0 Å². The molecule has 0 aromatic heterocycles. The minimum atomic E-state index is -0.245. The molecule has 128 valence electrons. The largest absolute Gasteiger partial charge is 0.497 e. The van der Waals surface area contributed by atoms with Crippen molar-refractivity contribution in [1.29, 1.82) is 0 Å². The van der Waals surface area contributed by atoms with E-state index in [1.54, 1.807) is 38.5 Å². The fourth-order valence-corrected chi connectivity index (χ4v) is 1.93. The number of hydrogen-bond acceptors (Lipinski definition) is 5. The molecular formula is C16H25N3O4. The summed E-state index contributed by atoms with van der Waals surface area (Å²) in [5.41, 5.74) is 0.635. The zero-order chi connectivity index (χ0) is 17.1. The molecule has 0 bridgehead atoms. The Hall–Kier alpha value is -2.12. The first-order chi connectivity index (χ1) is 11.1. The fourth-order valence-electron chi connectivity index (χ4n) is 1.93. The third-order valence-corrected chi connectivity index (χ3v) is 3.18. The maximum absolute atomic E-state index is 12.1. The van der Waals surface area contributed by atoms with Crippen LogP contribution in [0.2, 0.25) is 0 Å². The van der Waals surface area contributed by atoms with E-state index in [4.69, 9.17) is 9.47 Å². The van der Waals surface area contributed by atoms with Crippen LogP contribution in [0.4, 0.5) is 5.69 Å². The van der Waals surface area contributed by atoms with Gasteiger partial charge in [0.05, 0.1) is 26.8 Å². The van der Waals surface area contributed by atoms with E-state index in [2.05, 4.69) is 10.6 Å². The Labute approximate surface area is 136 Å². The molecule has 0 unspecified atom stereocenters. The lowest BCUT2D eigenvalue weighted by Gasteiger charge is -2.20. The molecule has 0 aliphatic heterocycles. The standard InChI is InChI=1S/C16H25N3O4/c1-4-19(16(21)11-17-8-9-22-2)12-15(20)18-13-6-5-7-14(10-13)23-3/h5-7,10,17H,4,8-9,11-12H2,1-3H3,(H,18,20). The third kappa shape index (κ3) is 7.12. The molecule has 7 heteroatoms. The summed E-state index contributed by atoms with van der Waals surface area (Å²) < 4.78 is 10.0. The number of ether oxygens (including phenoxy) is 2. The van der Waals surface area contributed by atoms with Crippen LogP contribution in [0.1, 0.15) is 6.92 Å². The number of rotatable bonds is 10. The lowest BCUT2D eigenvalue weighted by atomic mass is 10.3. The van der Waals surface area contributed by atoms with Crippen molar-refractivity contribution in [3.05, 3.63) is 24.3 Å². The molecule has 0 saturated heterocycles. The highest BCUT2D eigenvalue weighted by Crippen LogP contribution is 2.16. The van der Waals surface area contributed by atoms with Gasteiger partial charge in [0.25, 0.3) is 0 Å². The molecule has 1 aromatic carbocycles. The molecule has 0 aliphatic carbocycles. The Bertz CT molecular complexity index is 508. The highest BCUT2D eigenvalue weighted by molar-refractivity contribution is 5.94. The number of amides is 2. The third-order valence-electron chi connectivity index (χ3n) is 3.18. The van der Waals surface area contributed by atoms with Crippen LogP contribution in [0, 0.1) is 0 Å². The van der Waals surface area contributed by atoms with Crippen LogP contribution in [0.5, 0.6) is 5.75 Å². The summed E-state index contributed by atoms with van der Waals surface area (Å²) >= 11 is 0. The first-order valence-corrected chi connectivity index (χ1v) is 7.52. The van der Waals surface area contributed by atoms with Gasteiger partial charge in [-0.15, -0.1) is 0 Å². The van der Waals surface area contributed by atoms with E-state index in [1.807, 2.05) is 6.92 Å².